The smallest absolute Gasteiger partial charge is 0.328 e. The van der Waals surface area contributed by atoms with Crippen LogP contribution in [-0.4, -0.2) is 120 Å². The summed E-state index contributed by atoms with van der Waals surface area (Å²) in [5.41, 5.74) is 16.2. The van der Waals surface area contributed by atoms with E-state index in [2.05, 4.69) is 97.6 Å². The number of ether oxygens (including phenoxy) is 2. The fraction of sp³-hybridized carbons (Fsp3) is 0.316. The van der Waals surface area contributed by atoms with Crippen LogP contribution in [0.1, 0.15) is 127 Å². The van der Waals surface area contributed by atoms with Gasteiger partial charge in [-0.25, -0.2) is 55.8 Å². The predicted octanol–water partition coefficient (Wildman–Crippen LogP) is 21.5. The molecule has 1 aliphatic rings. The molecule has 0 bridgehead atoms. The van der Waals surface area contributed by atoms with Gasteiger partial charge in [-0.15, -0.1) is 0 Å². The second kappa shape index (κ2) is 49.5. The highest BCUT2D eigenvalue weighted by molar-refractivity contribution is 9.93. The highest BCUT2D eigenvalue weighted by Gasteiger charge is 2.49. The summed E-state index contributed by atoms with van der Waals surface area (Å²) >= 11 is 59.3. The van der Waals surface area contributed by atoms with Gasteiger partial charge in [0.25, 0.3) is 26.0 Å². The van der Waals surface area contributed by atoms with E-state index in [0.29, 0.717) is 82.8 Å². The molecule has 24 nitrogen and oxygen atoms in total. The summed E-state index contributed by atoms with van der Waals surface area (Å²) in [4.78, 5) is 60.4. The first kappa shape index (κ1) is 103. The number of aryl methyl sites for hydroxylation is 5. The highest BCUT2D eigenvalue weighted by atomic mass is 80.9. The van der Waals surface area contributed by atoms with Crippen LogP contribution in [0.4, 0.5) is 15.4 Å². The van der Waals surface area contributed by atoms with Gasteiger partial charge in [0.2, 0.25) is 0 Å². The van der Waals surface area contributed by atoms with Crippen molar-refractivity contribution in [1.82, 2.24) is 53.2 Å². The fourth-order valence-corrected chi connectivity index (χ4v) is 14.7. The van der Waals surface area contributed by atoms with Crippen molar-refractivity contribution in [2.24, 2.45) is 0 Å². The summed E-state index contributed by atoms with van der Waals surface area (Å²) in [6.07, 6.45) is 12.6. The normalized spacial score (nSPS) is 12.4. The number of rotatable bonds is 17. The van der Waals surface area contributed by atoms with E-state index in [-0.39, 0.29) is 28.7 Å². The number of carboxylic acid groups (broad SMARTS) is 1. The van der Waals surface area contributed by atoms with Crippen LogP contribution in [0.15, 0.2) is 167 Å². The third kappa shape index (κ3) is 32.5. The Labute approximate surface area is 754 Å². The minimum Gasteiger partial charge on any atom is -0.481 e. The van der Waals surface area contributed by atoms with Crippen molar-refractivity contribution in [2.75, 3.05) is 30.8 Å². The number of carbonyl (C=O) groups is 4. The largest absolute Gasteiger partial charge is 0.481 e. The number of aromatic nitrogens is 7. The number of nitrogen functional groups attached to an aromatic ring is 1. The molecule has 4 amide bonds. The number of alkyl halides is 1. The average molecular weight is 2070 g/mol. The van der Waals surface area contributed by atoms with Gasteiger partial charge in [0, 0.05) is 103 Å². The van der Waals surface area contributed by atoms with Crippen LogP contribution in [0.3, 0.4) is 0 Å². The lowest BCUT2D eigenvalue weighted by molar-refractivity contribution is -0.134. The number of ketones is 1. The molecule has 8 N–H and O–H groups in total. The van der Waals surface area contributed by atoms with Crippen LogP contribution in [0.2, 0.25) is 40.2 Å². The Morgan fingerprint density at radius 2 is 0.966 bits per heavy atom. The molecule has 1 saturated heterocycles. The molecule has 0 spiro atoms. The summed E-state index contributed by atoms with van der Waals surface area (Å²) in [6.45, 7) is 23.3. The van der Waals surface area contributed by atoms with Gasteiger partial charge in [-0.3, -0.25) is 18.4 Å². The zero-order valence-corrected chi connectivity index (χ0v) is 79.6. The molecule has 11 aromatic rings. The zero-order valence-electron chi connectivity index (χ0n) is 65.6. The predicted molar refractivity (Wildman–Crippen MR) is 485 cm³/mol. The maximum absolute atomic E-state index is 12.3. The van der Waals surface area contributed by atoms with Gasteiger partial charge in [-0.1, -0.05) is 220 Å². The quantitative estimate of drug-likeness (QED) is 0.0416. The number of carboxylic acids is 1. The van der Waals surface area contributed by atoms with Crippen LogP contribution in [0.5, 0.6) is 0 Å². The number of fused-ring (bicyclic) bond motifs is 3. The minimum atomic E-state index is -3.92. The first-order chi connectivity index (χ1) is 55.1. The number of aliphatic hydroxyl groups is 1. The number of nitrogens with one attached hydrogen (secondary N) is 4. The summed E-state index contributed by atoms with van der Waals surface area (Å²) < 4.78 is 71.8. The zero-order chi connectivity index (χ0) is 87.9. The Bertz CT molecular complexity index is 5320. The number of benzene rings is 4. The van der Waals surface area contributed by atoms with E-state index in [4.69, 9.17) is 123 Å². The van der Waals surface area contributed by atoms with E-state index in [1.807, 2.05) is 140 Å². The standard InChI is InChI=1S/C25H24Cl2N4O3S.C23H30N2O5S.C9H7BrCl2N2.C9H8Cl2N2.C5H4Cl2N2.C4H7BrO.C2H4O2.C2H6O.Br2/c1-3-22-23(31-15-19(26)14-21(27)24(31)29-22)18-8-6-17(7-9-18)12-13-28-25(32)30-35(33,34)20-10-4-16(2)5-11-20;1-16-6-12-19(13-7-16)31(27,28)25-21(26)24-15-14-17-8-10-18(11-9-17)20-29-22(2,3)23(4,5)30-20;1-2-7-8(10)14-4-5(11)3-6(12)9(14)13-7;1-2-7-5-13-4-6(10)3-8(11)9(13)12-7;6-3-1-4(7)5(8)9-2-3;1-2-4(6)3-5;1-2(3)4;1-2-3;1-2/h4-11,14-15H,3,12-13H2,1-2H3,(H2,28,30,32);6-13,20H,14-15H2,1-5H3,(H2,24,25,26);3-4H,2H2,1H3;3-5H,2H2,1H3;1-2H,(H2,8,9);2-3H2,1H3;1H3,(H,3,4);3H,2H2,1H3;. The highest BCUT2D eigenvalue weighted by Crippen LogP contribution is 2.45. The van der Waals surface area contributed by atoms with Gasteiger partial charge in [-0.05, 0) is 156 Å². The summed E-state index contributed by atoms with van der Waals surface area (Å²) in [6, 6.07) is 33.3. The van der Waals surface area contributed by atoms with Gasteiger partial charge in [0.05, 0.1) is 89.3 Å². The second-order valence-corrected chi connectivity index (χ2v) is 34.0. The number of aliphatic hydroxyl groups excluding tert-OH is 1. The molecule has 0 saturated carbocycles. The number of nitrogens with zero attached hydrogens (tertiary/aromatic N) is 7. The SMILES string of the molecule is BrBr.CC(=O)O.CCC(=O)CBr.CCO.CCc1cn2cc(Cl)cc(Cl)c2n1.CCc1nc2c(Cl)cc(Cl)cn2c1-c1ccc(CCNC(=O)NS(=O)(=O)c2ccc(C)cc2)cc1.CCc1nc2c(Cl)cc(Cl)cn2c1Br.Cc1ccc(S(=O)(=O)NC(=O)NCCc2ccc(C3OC(C)(C)C(C)(C)O3)cc2)cc1.Nc1ncc(Cl)cc1Cl. The number of hydrogen-bond acceptors (Lipinski definition) is 16. The van der Waals surface area contributed by atoms with Crippen LogP contribution < -0.4 is 25.8 Å². The Hall–Kier alpha value is -6.40. The summed E-state index contributed by atoms with van der Waals surface area (Å²) in [5.74, 6) is -0.268. The Balaban J connectivity index is 0.000000314. The number of halogens is 12. The number of sulfonamides is 2. The molecule has 1 aliphatic heterocycles. The number of imidazole rings is 3. The molecule has 0 atom stereocenters. The molecule has 0 aliphatic carbocycles. The van der Waals surface area contributed by atoms with Crippen LogP contribution in [0.25, 0.3) is 28.2 Å². The average Bonchev–Trinajstić information content (AvgIpc) is 1.65. The molecule has 4 aromatic carbocycles. The number of Topliss-reactive ketones (excluding diaryl/α,β-unsaturated/α-hetero) is 1. The molecule has 8 heterocycles. The molecule has 117 heavy (non-hydrogen) atoms. The van der Waals surface area contributed by atoms with Gasteiger partial charge in [-0.2, -0.15) is 0 Å². The van der Waals surface area contributed by atoms with Crippen LogP contribution in [-0.2, 0) is 71.2 Å². The lowest BCUT2D eigenvalue weighted by Gasteiger charge is -2.30. The molecular formula is C79H90Br4Cl8N12O12S2. The number of anilines is 1. The van der Waals surface area contributed by atoms with Crippen molar-refractivity contribution in [1.29, 1.82) is 0 Å². The summed E-state index contributed by atoms with van der Waals surface area (Å²) in [5, 5.41) is 24.9. The first-order valence-electron chi connectivity index (χ1n) is 35.6. The Kier molecular flexibility index (Phi) is 43.6. The van der Waals surface area contributed by atoms with E-state index in [1.165, 1.54) is 30.5 Å². The molecule has 1 fully saturated rings. The monoisotopic (exact) mass is 2060 g/mol. The lowest BCUT2D eigenvalue weighted by atomic mass is 9.90. The third-order valence-electron chi connectivity index (χ3n) is 16.5. The Morgan fingerprint density at radius 3 is 1.37 bits per heavy atom. The minimum absolute atomic E-state index is 0.0373. The van der Waals surface area contributed by atoms with Gasteiger partial charge < -0.3 is 40.5 Å². The molecule has 7 aromatic heterocycles. The van der Waals surface area contributed by atoms with E-state index in [1.54, 1.807) is 74.0 Å². The first-order valence-corrected chi connectivity index (χ1v) is 47.3. The van der Waals surface area contributed by atoms with Crippen molar-refractivity contribution in [3.05, 3.63) is 242 Å². The van der Waals surface area contributed by atoms with E-state index < -0.39 is 55.6 Å². The van der Waals surface area contributed by atoms with Gasteiger partial charge >= 0.3 is 12.1 Å². The van der Waals surface area contributed by atoms with E-state index in [9.17, 15) is 31.2 Å². The Morgan fingerprint density at radius 1 is 0.564 bits per heavy atom. The maximum atomic E-state index is 12.3. The number of pyridine rings is 4. The van der Waals surface area contributed by atoms with Gasteiger partial charge in [0.15, 0.2) is 23.2 Å². The molecular weight excluding hydrogens is 1980 g/mol. The van der Waals surface area contributed by atoms with Crippen LogP contribution >= 0.6 is 153 Å². The van der Waals surface area contributed by atoms with Crippen LogP contribution in [0, 0.1) is 13.8 Å². The topological polar surface area (TPSA) is 334 Å². The van der Waals surface area contributed by atoms with Crippen molar-refractivity contribution in [3.63, 3.8) is 0 Å². The number of amides is 4. The molecule has 0 unspecified atom stereocenters. The van der Waals surface area contributed by atoms with Crippen molar-refractivity contribution >= 4 is 220 Å². The second-order valence-electron chi connectivity index (χ2n) is 25.9. The number of urea groups is 2. The van der Waals surface area contributed by atoms with Gasteiger partial charge in [0.1, 0.15) is 16.2 Å². The summed E-state index contributed by atoms with van der Waals surface area (Å²) in [7, 11) is -7.82. The molecule has 38 heteroatoms. The number of carbonyl (C=O) groups excluding carboxylic acids is 3. The fourth-order valence-electron chi connectivity index (χ4n) is 9.91. The molecule has 0 radical (unpaired) electrons. The number of nitrogens with two attached hydrogens (primary N) is 1. The van der Waals surface area contributed by atoms with E-state index >= 15 is 0 Å². The molecule has 12 rings (SSSR count). The lowest BCUT2D eigenvalue weighted by Crippen LogP contribution is -2.41. The van der Waals surface area contributed by atoms with Crippen molar-refractivity contribution in [2.45, 2.75) is 149 Å². The van der Waals surface area contributed by atoms with E-state index in [0.717, 1.165) is 98.2 Å². The number of hydrogen-bond donors (Lipinski definition) is 7. The maximum Gasteiger partial charge on any atom is 0.328 e. The van der Waals surface area contributed by atoms with Crippen molar-refractivity contribution < 1.29 is 55.7 Å². The number of aliphatic carboxylic acids is 1. The van der Waals surface area contributed by atoms with Crippen molar-refractivity contribution in [3.8, 4) is 11.3 Å². The molecule has 634 valence electrons. The third-order valence-corrected chi connectivity index (χ3v) is 22.7.